The number of fused-ring (bicyclic) bond motifs is 3. The Morgan fingerprint density at radius 1 is 1.11 bits per heavy atom. The second kappa shape index (κ2) is 5.85. The molecule has 1 N–H and O–H groups in total. The molecule has 0 radical (unpaired) electrons. The average molecular weight is 388 g/mol. The number of carbonyl (C=O) groups is 1. The molecule has 4 aliphatic rings. The van der Waals surface area contributed by atoms with Gasteiger partial charge in [-0.3, -0.25) is 4.79 Å². The van der Waals surface area contributed by atoms with E-state index in [0.29, 0.717) is 35.0 Å². The predicted molar refractivity (Wildman–Crippen MR) is 103 cm³/mol. The third kappa shape index (κ3) is 2.43. The number of rotatable bonds is 2. The molecule has 2 heterocycles. The van der Waals surface area contributed by atoms with Crippen LogP contribution >= 0.6 is 0 Å². The molecular weight excluding hydrogens is 359 g/mol. The lowest BCUT2D eigenvalue weighted by atomic mass is 9.81. The van der Waals surface area contributed by atoms with E-state index in [9.17, 15) is 4.79 Å². The first-order valence-electron chi connectivity index (χ1n) is 10.4. The number of ether oxygens (including phenoxy) is 2. The number of nitrogens with zero attached hydrogens (tertiary/aromatic N) is 1. The van der Waals surface area contributed by atoms with Crippen LogP contribution in [0.4, 0.5) is 4.39 Å². The van der Waals surface area contributed by atoms with Crippen LogP contribution in [0.2, 0.25) is 0 Å². The third-order valence-electron chi connectivity index (χ3n) is 7.57. The fourth-order valence-corrected chi connectivity index (χ4v) is 5.50. The summed E-state index contributed by atoms with van der Waals surface area (Å²) in [5.41, 5.74) is 1.47. The van der Waals surface area contributed by atoms with Gasteiger partial charge in [0.2, 0.25) is 5.75 Å². The second-order valence-electron chi connectivity index (χ2n) is 9.50. The van der Waals surface area contributed by atoms with Gasteiger partial charge in [0.25, 0.3) is 11.7 Å². The molecule has 5 rings (SSSR count). The van der Waals surface area contributed by atoms with E-state index in [-0.39, 0.29) is 28.8 Å². The van der Waals surface area contributed by atoms with Crippen molar-refractivity contribution in [3.63, 3.8) is 0 Å². The van der Waals surface area contributed by atoms with Crippen molar-refractivity contribution in [2.45, 2.75) is 69.6 Å². The Kier molecular flexibility index (Phi) is 3.81. The molecule has 1 aromatic rings. The highest BCUT2D eigenvalue weighted by atomic mass is 19.1. The van der Waals surface area contributed by atoms with Crippen LogP contribution in [0.25, 0.3) is 0 Å². The SMILES string of the molecule is Cc1c2c(c(F)c3c1C(=O)NCC31CC1)OC(C)(C1CCC(N(C)C)CC1)O2. The number of benzene rings is 1. The monoisotopic (exact) mass is 388 g/mol. The van der Waals surface area contributed by atoms with Gasteiger partial charge in [0.15, 0.2) is 11.6 Å². The summed E-state index contributed by atoms with van der Waals surface area (Å²) in [5, 5.41) is 2.94. The highest BCUT2D eigenvalue weighted by Crippen LogP contribution is 2.58. The van der Waals surface area contributed by atoms with E-state index >= 15 is 4.39 Å². The van der Waals surface area contributed by atoms with Crippen LogP contribution in [0.5, 0.6) is 11.5 Å². The number of amides is 1. The quantitative estimate of drug-likeness (QED) is 0.842. The highest BCUT2D eigenvalue weighted by Gasteiger charge is 2.55. The zero-order valence-corrected chi connectivity index (χ0v) is 17.2. The summed E-state index contributed by atoms with van der Waals surface area (Å²) < 4.78 is 28.1. The minimum Gasteiger partial charge on any atom is -0.448 e. The number of nitrogens with one attached hydrogen (secondary N) is 1. The fraction of sp³-hybridized carbons (Fsp3) is 0.682. The molecule has 5 nitrogen and oxygen atoms in total. The molecule has 152 valence electrons. The van der Waals surface area contributed by atoms with Gasteiger partial charge in [0.05, 0.1) is 5.56 Å². The van der Waals surface area contributed by atoms with Crippen molar-refractivity contribution in [1.82, 2.24) is 10.2 Å². The van der Waals surface area contributed by atoms with Crippen LogP contribution in [-0.4, -0.2) is 43.3 Å². The Balaban J connectivity index is 1.50. The first kappa shape index (κ1) is 18.2. The van der Waals surface area contributed by atoms with Crippen LogP contribution in [0.1, 0.15) is 66.9 Å². The molecule has 1 amide bonds. The van der Waals surface area contributed by atoms with Crippen LogP contribution < -0.4 is 14.8 Å². The average Bonchev–Trinajstić information content (AvgIpc) is 3.35. The molecule has 1 unspecified atom stereocenters. The van der Waals surface area contributed by atoms with E-state index in [1.54, 1.807) is 0 Å². The second-order valence-corrected chi connectivity index (χ2v) is 9.50. The minimum atomic E-state index is -0.873. The van der Waals surface area contributed by atoms with Gasteiger partial charge < -0.3 is 19.7 Å². The lowest BCUT2D eigenvalue weighted by molar-refractivity contribution is -0.124. The molecule has 28 heavy (non-hydrogen) atoms. The van der Waals surface area contributed by atoms with Crippen LogP contribution in [0, 0.1) is 18.7 Å². The lowest BCUT2D eigenvalue weighted by Gasteiger charge is -2.39. The van der Waals surface area contributed by atoms with Gasteiger partial charge in [-0.25, -0.2) is 4.39 Å². The topological polar surface area (TPSA) is 50.8 Å². The van der Waals surface area contributed by atoms with Crippen molar-refractivity contribution in [1.29, 1.82) is 0 Å². The smallest absolute Gasteiger partial charge is 0.252 e. The Bertz CT molecular complexity index is 856. The fourth-order valence-electron chi connectivity index (χ4n) is 5.50. The molecule has 0 aromatic heterocycles. The normalized spacial score (nSPS) is 32.4. The third-order valence-corrected chi connectivity index (χ3v) is 7.57. The number of hydrogen-bond acceptors (Lipinski definition) is 4. The summed E-state index contributed by atoms with van der Waals surface area (Å²) in [6.07, 6.45) is 5.94. The molecule has 1 aromatic carbocycles. The zero-order valence-electron chi connectivity index (χ0n) is 17.2. The van der Waals surface area contributed by atoms with Gasteiger partial charge in [-0.05, 0) is 59.5 Å². The number of hydrogen-bond donors (Lipinski definition) is 1. The predicted octanol–water partition coefficient (Wildman–Crippen LogP) is 3.52. The van der Waals surface area contributed by atoms with E-state index in [4.69, 9.17) is 9.47 Å². The van der Waals surface area contributed by atoms with Crippen molar-refractivity contribution < 1.29 is 18.7 Å². The minimum absolute atomic E-state index is 0.199. The molecule has 1 atom stereocenters. The van der Waals surface area contributed by atoms with Gasteiger partial charge in [-0.2, -0.15) is 0 Å². The van der Waals surface area contributed by atoms with Gasteiger partial charge in [-0.1, -0.05) is 0 Å². The van der Waals surface area contributed by atoms with Crippen molar-refractivity contribution in [2.24, 2.45) is 5.92 Å². The van der Waals surface area contributed by atoms with Crippen molar-refractivity contribution >= 4 is 5.91 Å². The molecule has 2 fully saturated rings. The van der Waals surface area contributed by atoms with Gasteiger partial charge in [-0.15, -0.1) is 0 Å². The van der Waals surface area contributed by atoms with E-state index in [1.807, 2.05) is 13.8 Å². The largest absolute Gasteiger partial charge is 0.448 e. The van der Waals surface area contributed by atoms with E-state index in [1.165, 1.54) is 0 Å². The van der Waals surface area contributed by atoms with Crippen LogP contribution in [0.15, 0.2) is 0 Å². The summed E-state index contributed by atoms with van der Waals surface area (Å²) in [5.74, 6) is -0.613. The summed E-state index contributed by atoms with van der Waals surface area (Å²) in [4.78, 5) is 14.8. The maximum atomic E-state index is 15.6. The van der Waals surface area contributed by atoms with Crippen molar-refractivity contribution in [2.75, 3.05) is 20.6 Å². The van der Waals surface area contributed by atoms with Crippen LogP contribution in [-0.2, 0) is 5.41 Å². The summed E-state index contributed by atoms with van der Waals surface area (Å²) in [7, 11) is 4.24. The molecule has 0 saturated heterocycles. The van der Waals surface area contributed by atoms with E-state index in [0.717, 1.165) is 38.5 Å². The Morgan fingerprint density at radius 2 is 1.75 bits per heavy atom. The molecule has 1 spiro atoms. The molecule has 6 heteroatoms. The first-order chi connectivity index (χ1) is 13.3. The Morgan fingerprint density at radius 3 is 2.36 bits per heavy atom. The summed E-state index contributed by atoms with van der Waals surface area (Å²) >= 11 is 0. The van der Waals surface area contributed by atoms with E-state index in [2.05, 4.69) is 24.3 Å². The van der Waals surface area contributed by atoms with Gasteiger partial charge in [0, 0.05) is 42.0 Å². The molecule has 0 bridgehead atoms. The summed E-state index contributed by atoms with van der Waals surface area (Å²) in [6, 6.07) is 0.577. The summed E-state index contributed by atoms with van der Waals surface area (Å²) in [6.45, 7) is 4.30. The molecule has 2 saturated carbocycles. The Hall–Kier alpha value is -1.82. The zero-order chi connectivity index (χ0) is 19.8. The first-order valence-corrected chi connectivity index (χ1v) is 10.4. The molecular formula is C22H29FN2O3. The standard InChI is InChI=1S/C22H29FN2O3/c1-12-15-16(22(9-10-22)11-24-20(15)26)17(23)19-18(12)27-21(2,28-19)13-5-7-14(8-6-13)25(3)4/h13-14H,5-11H2,1-4H3,(H,24,26). The van der Waals surface area contributed by atoms with Crippen molar-refractivity contribution in [3.05, 3.63) is 22.5 Å². The van der Waals surface area contributed by atoms with Gasteiger partial charge in [0.1, 0.15) is 0 Å². The Labute approximate surface area is 165 Å². The molecule has 2 aliphatic heterocycles. The number of halogens is 1. The van der Waals surface area contributed by atoms with Crippen LogP contribution in [0.3, 0.4) is 0 Å². The molecule has 2 aliphatic carbocycles. The maximum Gasteiger partial charge on any atom is 0.252 e. The lowest BCUT2D eigenvalue weighted by Crippen LogP contribution is -2.46. The highest BCUT2D eigenvalue weighted by molar-refractivity contribution is 6.00. The number of carbonyl (C=O) groups excluding carboxylic acids is 1. The van der Waals surface area contributed by atoms with E-state index < -0.39 is 5.79 Å². The van der Waals surface area contributed by atoms with Gasteiger partial charge >= 0.3 is 0 Å². The maximum absolute atomic E-state index is 15.6. The van der Waals surface area contributed by atoms with Crippen molar-refractivity contribution in [3.8, 4) is 11.5 Å².